The molecule has 2 aromatic rings. The van der Waals surface area contributed by atoms with Crippen LogP contribution in [0.5, 0.6) is 0 Å². The van der Waals surface area contributed by atoms with Crippen molar-refractivity contribution in [2.24, 2.45) is 0 Å². The topological polar surface area (TPSA) is 59.3 Å². The number of hydrogen-bond donors (Lipinski definition) is 1. The van der Waals surface area contributed by atoms with E-state index in [1.807, 2.05) is 23.6 Å². The first-order valence-corrected chi connectivity index (χ1v) is 6.82. The van der Waals surface area contributed by atoms with Crippen molar-refractivity contribution in [3.63, 3.8) is 0 Å². The lowest BCUT2D eigenvalue weighted by Gasteiger charge is -2.18. The molecule has 0 amide bonds. The van der Waals surface area contributed by atoms with Crippen molar-refractivity contribution < 1.29 is 9.90 Å². The molecule has 20 heavy (non-hydrogen) atoms. The Hall–Kier alpha value is -2.10. The number of aliphatic carboxylic acids is 1. The van der Waals surface area contributed by atoms with E-state index in [1.165, 1.54) is 6.07 Å². The van der Waals surface area contributed by atoms with Crippen LogP contribution in [0.4, 0.5) is 0 Å². The molecule has 0 bridgehead atoms. The van der Waals surface area contributed by atoms with Crippen molar-refractivity contribution >= 4 is 16.9 Å². The third-order valence-corrected chi connectivity index (χ3v) is 3.52. The summed E-state index contributed by atoms with van der Waals surface area (Å²) in [5.41, 5.74) is 2.40. The van der Waals surface area contributed by atoms with Crippen LogP contribution < -0.4 is 5.43 Å². The van der Waals surface area contributed by atoms with E-state index in [-0.39, 0.29) is 17.8 Å². The smallest absolute Gasteiger partial charge is 0.309 e. The SMILES string of the molecule is CCn1c(CC(=O)O)cc(=O)c2cccc(C(C)C)c21. The van der Waals surface area contributed by atoms with Crippen LogP contribution in [0.2, 0.25) is 0 Å². The molecule has 4 nitrogen and oxygen atoms in total. The minimum atomic E-state index is -0.923. The molecule has 0 unspecified atom stereocenters. The lowest BCUT2D eigenvalue weighted by atomic mass is 9.98. The minimum Gasteiger partial charge on any atom is -0.481 e. The number of para-hydroxylation sites is 1. The van der Waals surface area contributed by atoms with Crippen LogP contribution in [0, 0.1) is 0 Å². The zero-order valence-corrected chi connectivity index (χ0v) is 12.0. The van der Waals surface area contributed by atoms with Crippen LogP contribution in [0.15, 0.2) is 29.1 Å². The number of carbonyl (C=O) groups is 1. The molecule has 0 spiro atoms. The molecule has 0 radical (unpaired) electrons. The first kappa shape index (κ1) is 14.3. The van der Waals surface area contributed by atoms with Gasteiger partial charge in [-0.3, -0.25) is 9.59 Å². The zero-order chi connectivity index (χ0) is 14.9. The maximum Gasteiger partial charge on any atom is 0.309 e. The summed E-state index contributed by atoms with van der Waals surface area (Å²) in [6, 6.07) is 7.14. The molecule has 1 N–H and O–H groups in total. The van der Waals surface area contributed by atoms with E-state index in [2.05, 4.69) is 13.8 Å². The summed E-state index contributed by atoms with van der Waals surface area (Å²) < 4.78 is 1.94. The van der Waals surface area contributed by atoms with Gasteiger partial charge in [0.15, 0.2) is 5.43 Å². The van der Waals surface area contributed by atoms with E-state index in [4.69, 9.17) is 5.11 Å². The molecule has 0 fully saturated rings. The highest BCUT2D eigenvalue weighted by molar-refractivity contribution is 5.84. The number of rotatable bonds is 4. The quantitative estimate of drug-likeness (QED) is 0.931. The maximum absolute atomic E-state index is 12.2. The van der Waals surface area contributed by atoms with Gasteiger partial charge in [-0.05, 0) is 24.5 Å². The molecule has 0 aliphatic carbocycles. The molecule has 0 aliphatic heterocycles. The van der Waals surface area contributed by atoms with Gasteiger partial charge in [-0.15, -0.1) is 0 Å². The average Bonchev–Trinajstić information content (AvgIpc) is 2.37. The summed E-state index contributed by atoms with van der Waals surface area (Å²) in [5.74, 6) is -0.649. The van der Waals surface area contributed by atoms with Gasteiger partial charge in [0.1, 0.15) is 0 Å². The Morgan fingerprint density at radius 2 is 2.05 bits per heavy atom. The summed E-state index contributed by atoms with van der Waals surface area (Å²) in [7, 11) is 0. The highest BCUT2D eigenvalue weighted by Crippen LogP contribution is 2.25. The van der Waals surface area contributed by atoms with Crippen molar-refractivity contribution in [2.45, 2.75) is 39.7 Å². The fourth-order valence-electron chi connectivity index (χ4n) is 2.64. The Balaban J connectivity index is 2.89. The van der Waals surface area contributed by atoms with Crippen molar-refractivity contribution in [1.82, 2.24) is 4.57 Å². The monoisotopic (exact) mass is 273 g/mol. The summed E-state index contributed by atoms with van der Waals surface area (Å²) in [4.78, 5) is 23.2. The van der Waals surface area contributed by atoms with Crippen molar-refractivity contribution in [1.29, 1.82) is 0 Å². The van der Waals surface area contributed by atoms with Gasteiger partial charge in [0.25, 0.3) is 0 Å². The summed E-state index contributed by atoms with van der Waals surface area (Å²) in [6.07, 6.45) is -0.133. The predicted octanol–water partition coefficient (Wildman–Crippen LogP) is 2.77. The molecular weight excluding hydrogens is 254 g/mol. The van der Waals surface area contributed by atoms with E-state index in [9.17, 15) is 9.59 Å². The molecule has 0 saturated heterocycles. The molecule has 0 atom stereocenters. The number of pyridine rings is 1. The second kappa shape index (κ2) is 5.49. The van der Waals surface area contributed by atoms with E-state index in [1.54, 1.807) is 6.07 Å². The Kier molecular flexibility index (Phi) is 3.93. The fraction of sp³-hybridized carbons (Fsp3) is 0.375. The van der Waals surface area contributed by atoms with Gasteiger partial charge in [0, 0.05) is 23.7 Å². The van der Waals surface area contributed by atoms with Crippen LogP contribution in [0.3, 0.4) is 0 Å². The Labute approximate surface area is 117 Å². The number of aromatic nitrogens is 1. The highest BCUT2D eigenvalue weighted by atomic mass is 16.4. The van der Waals surface area contributed by atoms with Gasteiger partial charge in [0.05, 0.1) is 11.9 Å². The Morgan fingerprint density at radius 3 is 2.60 bits per heavy atom. The lowest BCUT2D eigenvalue weighted by Crippen LogP contribution is -2.18. The number of fused-ring (bicyclic) bond motifs is 1. The second-order valence-corrected chi connectivity index (χ2v) is 5.21. The van der Waals surface area contributed by atoms with Gasteiger partial charge in [-0.1, -0.05) is 26.0 Å². The van der Waals surface area contributed by atoms with Crippen LogP contribution in [0.1, 0.15) is 37.9 Å². The molecule has 2 rings (SSSR count). The first-order valence-electron chi connectivity index (χ1n) is 6.82. The van der Waals surface area contributed by atoms with Crippen LogP contribution >= 0.6 is 0 Å². The van der Waals surface area contributed by atoms with Crippen LogP contribution in [-0.4, -0.2) is 15.6 Å². The largest absolute Gasteiger partial charge is 0.481 e. The standard InChI is InChI=1S/C16H19NO3/c1-4-17-11(9-15(19)20)8-14(18)13-7-5-6-12(10(2)3)16(13)17/h5-8,10H,4,9H2,1-3H3,(H,19,20). The highest BCUT2D eigenvalue weighted by Gasteiger charge is 2.15. The Bertz CT molecular complexity index is 713. The minimum absolute atomic E-state index is 0.108. The van der Waals surface area contributed by atoms with E-state index >= 15 is 0 Å². The first-order chi connectivity index (χ1) is 9.45. The zero-order valence-electron chi connectivity index (χ0n) is 12.0. The third kappa shape index (κ3) is 2.46. The fourth-order valence-corrected chi connectivity index (χ4v) is 2.64. The average molecular weight is 273 g/mol. The molecule has 0 saturated carbocycles. The van der Waals surface area contributed by atoms with E-state index < -0.39 is 5.97 Å². The number of benzene rings is 1. The third-order valence-electron chi connectivity index (χ3n) is 3.52. The number of carboxylic acid groups (broad SMARTS) is 1. The number of carboxylic acids is 1. The maximum atomic E-state index is 12.2. The second-order valence-electron chi connectivity index (χ2n) is 5.21. The number of hydrogen-bond acceptors (Lipinski definition) is 2. The summed E-state index contributed by atoms with van der Waals surface area (Å²) in [6.45, 7) is 6.75. The molecule has 1 heterocycles. The van der Waals surface area contributed by atoms with Gasteiger partial charge in [-0.25, -0.2) is 0 Å². The van der Waals surface area contributed by atoms with Crippen molar-refractivity contribution in [2.75, 3.05) is 0 Å². The molecule has 1 aromatic heterocycles. The van der Waals surface area contributed by atoms with E-state index in [0.717, 1.165) is 11.1 Å². The predicted molar refractivity (Wildman–Crippen MR) is 79.3 cm³/mol. The molecule has 106 valence electrons. The van der Waals surface area contributed by atoms with Crippen LogP contribution in [-0.2, 0) is 17.8 Å². The van der Waals surface area contributed by atoms with Gasteiger partial charge in [0.2, 0.25) is 0 Å². The number of nitrogens with zero attached hydrogens (tertiary/aromatic N) is 1. The van der Waals surface area contributed by atoms with Crippen molar-refractivity contribution in [3.05, 3.63) is 45.7 Å². The normalized spacial score (nSPS) is 11.2. The molecule has 0 aliphatic rings. The van der Waals surface area contributed by atoms with Gasteiger partial charge in [-0.2, -0.15) is 0 Å². The summed E-state index contributed by atoms with van der Waals surface area (Å²) in [5, 5.41) is 9.67. The van der Waals surface area contributed by atoms with Gasteiger partial charge >= 0.3 is 5.97 Å². The summed E-state index contributed by atoms with van der Waals surface area (Å²) >= 11 is 0. The van der Waals surface area contributed by atoms with Crippen molar-refractivity contribution in [3.8, 4) is 0 Å². The molecular formula is C16H19NO3. The van der Waals surface area contributed by atoms with Crippen LogP contribution in [0.25, 0.3) is 10.9 Å². The molecule has 4 heteroatoms. The lowest BCUT2D eigenvalue weighted by molar-refractivity contribution is -0.136. The number of aryl methyl sites for hydroxylation is 1. The van der Waals surface area contributed by atoms with E-state index in [0.29, 0.717) is 17.6 Å². The molecule has 1 aromatic carbocycles. The van der Waals surface area contributed by atoms with Gasteiger partial charge < -0.3 is 9.67 Å². The Morgan fingerprint density at radius 1 is 1.35 bits per heavy atom.